The molecule has 0 unspecified atom stereocenters. The minimum Gasteiger partial charge on any atom is -0.143 e. The molecule has 0 radical (unpaired) electrons. The van der Waals surface area contributed by atoms with Gasteiger partial charge in [-0.1, -0.05) is 25.8 Å². The highest BCUT2D eigenvalue weighted by Crippen LogP contribution is 1.99. The van der Waals surface area contributed by atoms with Gasteiger partial charge in [0.25, 0.3) is 0 Å². The summed E-state index contributed by atoms with van der Waals surface area (Å²) >= 11 is 0. The van der Waals surface area contributed by atoms with E-state index in [1.165, 1.54) is 31.5 Å². The average molecular weight is 242 g/mol. The van der Waals surface area contributed by atoms with E-state index in [4.69, 9.17) is 0 Å². The first-order valence-corrected chi connectivity index (χ1v) is 6.87. The molecule has 0 aliphatic heterocycles. The van der Waals surface area contributed by atoms with Gasteiger partial charge in [-0.3, -0.25) is 0 Å². The van der Waals surface area contributed by atoms with Crippen LogP contribution < -0.4 is 9.13 Å². The van der Waals surface area contributed by atoms with Gasteiger partial charge in [-0.25, -0.2) is 0 Å². The van der Waals surface area contributed by atoms with Crippen molar-refractivity contribution in [2.45, 2.75) is 39.2 Å². The summed E-state index contributed by atoms with van der Waals surface area (Å²) in [5, 5.41) is 0. The molecule has 0 bridgehead atoms. The van der Waals surface area contributed by atoms with Crippen molar-refractivity contribution in [3.05, 3.63) is 55.0 Å². The third kappa shape index (κ3) is 3.39. The number of rotatable bonds is 6. The third-order valence-corrected chi connectivity index (χ3v) is 3.15. The zero-order chi connectivity index (χ0) is 12.6. The van der Waals surface area contributed by atoms with Gasteiger partial charge in [0.15, 0.2) is 25.1 Å². The lowest BCUT2D eigenvalue weighted by Gasteiger charge is -1.99. The maximum Gasteiger partial charge on any atom is 0.449 e. The van der Waals surface area contributed by atoms with Crippen molar-refractivity contribution in [2.24, 2.45) is 0 Å². The van der Waals surface area contributed by atoms with Crippen LogP contribution in [0.3, 0.4) is 0 Å². The SMILES string of the molecule is CCCCCC[n+]1ccccc1-[n+]1ccccc1. The largest absolute Gasteiger partial charge is 0.449 e. The second-order valence-electron chi connectivity index (χ2n) is 4.60. The van der Waals surface area contributed by atoms with E-state index in [-0.39, 0.29) is 0 Å². The van der Waals surface area contributed by atoms with Crippen LogP contribution in [0.15, 0.2) is 55.0 Å². The van der Waals surface area contributed by atoms with E-state index in [0.29, 0.717) is 0 Å². The van der Waals surface area contributed by atoms with Crippen molar-refractivity contribution in [3.8, 4) is 5.82 Å². The molecule has 0 aromatic carbocycles. The number of nitrogens with zero attached hydrogens (tertiary/aromatic N) is 2. The molecular formula is C16H22N2+2. The molecule has 2 heteroatoms. The minimum atomic E-state index is 1.10. The smallest absolute Gasteiger partial charge is 0.143 e. The molecule has 0 atom stereocenters. The summed E-state index contributed by atoms with van der Waals surface area (Å²) in [7, 11) is 0. The molecule has 2 aromatic rings. The number of hydrogen-bond donors (Lipinski definition) is 0. The number of hydrogen-bond acceptors (Lipinski definition) is 0. The van der Waals surface area contributed by atoms with Gasteiger partial charge in [0, 0.05) is 24.6 Å². The van der Waals surface area contributed by atoms with Crippen molar-refractivity contribution in [1.29, 1.82) is 0 Å². The first-order chi connectivity index (χ1) is 8.92. The summed E-state index contributed by atoms with van der Waals surface area (Å²) in [6.07, 6.45) is 11.6. The fraction of sp³-hybridized carbons (Fsp3) is 0.375. The van der Waals surface area contributed by atoms with Gasteiger partial charge in [0.05, 0.1) is 6.07 Å². The first kappa shape index (κ1) is 12.7. The summed E-state index contributed by atoms with van der Waals surface area (Å²) < 4.78 is 4.50. The molecular weight excluding hydrogens is 220 g/mol. The van der Waals surface area contributed by atoms with Crippen LogP contribution in [-0.2, 0) is 6.54 Å². The van der Waals surface area contributed by atoms with Crippen molar-refractivity contribution in [3.63, 3.8) is 0 Å². The molecule has 2 aromatic heterocycles. The van der Waals surface area contributed by atoms with E-state index in [0.717, 1.165) is 6.54 Å². The number of unbranched alkanes of at least 4 members (excludes halogenated alkanes) is 3. The highest BCUT2D eigenvalue weighted by atomic mass is 15.1. The molecule has 0 saturated carbocycles. The molecule has 0 aliphatic rings. The lowest BCUT2D eigenvalue weighted by Crippen LogP contribution is -2.48. The van der Waals surface area contributed by atoms with Crippen LogP contribution in [0.2, 0.25) is 0 Å². The molecule has 0 aliphatic carbocycles. The van der Waals surface area contributed by atoms with Gasteiger partial charge in [0.1, 0.15) is 0 Å². The Balaban J connectivity index is 2.11. The van der Waals surface area contributed by atoms with Crippen LogP contribution in [0.1, 0.15) is 32.6 Å². The Hall–Kier alpha value is -1.70. The molecule has 2 nitrogen and oxygen atoms in total. The summed E-state index contributed by atoms with van der Waals surface area (Å²) in [5.74, 6) is 1.23. The summed E-state index contributed by atoms with van der Waals surface area (Å²) in [6.45, 7) is 3.35. The van der Waals surface area contributed by atoms with Crippen molar-refractivity contribution >= 4 is 0 Å². The molecule has 18 heavy (non-hydrogen) atoms. The number of aryl methyl sites for hydroxylation is 1. The molecule has 2 heterocycles. The fourth-order valence-corrected chi connectivity index (χ4v) is 2.15. The predicted molar refractivity (Wildman–Crippen MR) is 72.3 cm³/mol. The fourth-order valence-electron chi connectivity index (χ4n) is 2.15. The van der Waals surface area contributed by atoms with Crippen molar-refractivity contribution < 1.29 is 9.13 Å². The van der Waals surface area contributed by atoms with Gasteiger partial charge >= 0.3 is 5.82 Å². The Kier molecular flexibility index (Phi) is 4.88. The van der Waals surface area contributed by atoms with Crippen LogP contribution in [0.25, 0.3) is 5.82 Å². The minimum absolute atomic E-state index is 1.10. The van der Waals surface area contributed by atoms with Gasteiger partial charge in [-0.2, -0.15) is 0 Å². The summed E-state index contributed by atoms with van der Waals surface area (Å²) in [4.78, 5) is 0. The molecule has 0 spiro atoms. The maximum atomic E-state index is 2.33. The molecule has 0 fully saturated rings. The van der Waals surface area contributed by atoms with Crippen LogP contribution in [0, 0.1) is 0 Å². The Morgan fingerprint density at radius 3 is 2.39 bits per heavy atom. The van der Waals surface area contributed by atoms with Gasteiger partial charge in [-0.05, 0) is 12.5 Å². The highest BCUT2D eigenvalue weighted by molar-refractivity contribution is 5.03. The normalized spacial score (nSPS) is 10.5. The highest BCUT2D eigenvalue weighted by Gasteiger charge is 2.17. The Labute approximate surface area is 110 Å². The summed E-state index contributed by atoms with van der Waals surface area (Å²) in [6, 6.07) is 12.5. The van der Waals surface area contributed by atoms with E-state index >= 15 is 0 Å². The monoisotopic (exact) mass is 242 g/mol. The van der Waals surface area contributed by atoms with Gasteiger partial charge in [-0.15, -0.1) is 9.13 Å². The van der Waals surface area contributed by atoms with Crippen LogP contribution in [0.5, 0.6) is 0 Å². The second-order valence-corrected chi connectivity index (χ2v) is 4.60. The Bertz CT molecular complexity index is 466. The van der Waals surface area contributed by atoms with E-state index in [1.807, 2.05) is 6.07 Å². The van der Waals surface area contributed by atoms with E-state index in [1.54, 1.807) is 0 Å². The van der Waals surface area contributed by atoms with Crippen LogP contribution >= 0.6 is 0 Å². The van der Waals surface area contributed by atoms with Crippen LogP contribution in [-0.4, -0.2) is 0 Å². The Morgan fingerprint density at radius 1 is 0.833 bits per heavy atom. The van der Waals surface area contributed by atoms with E-state index < -0.39 is 0 Å². The second kappa shape index (κ2) is 6.90. The average Bonchev–Trinajstić information content (AvgIpc) is 2.45. The Morgan fingerprint density at radius 2 is 1.61 bits per heavy atom. The molecule has 94 valence electrons. The lowest BCUT2D eigenvalue weighted by atomic mass is 10.2. The van der Waals surface area contributed by atoms with Crippen molar-refractivity contribution in [2.75, 3.05) is 0 Å². The topological polar surface area (TPSA) is 7.76 Å². The van der Waals surface area contributed by atoms with Crippen molar-refractivity contribution in [1.82, 2.24) is 0 Å². The van der Waals surface area contributed by atoms with Gasteiger partial charge in [0.2, 0.25) is 0 Å². The number of pyridine rings is 2. The number of aromatic nitrogens is 2. The molecule has 0 amide bonds. The summed E-state index contributed by atoms with van der Waals surface area (Å²) in [5.41, 5.74) is 0. The standard InChI is InChI=1S/C16H22N2/c1-2-3-4-7-12-18-15-10-6-11-16(18)17-13-8-5-9-14-17/h5-6,8-11,13-15H,2-4,7,12H2,1H3/q+2. The molecule has 0 N–H and O–H groups in total. The van der Waals surface area contributed by atoms with E-state index in [9.17, 15) is 0 Å². The maximum absolute atomic E-state index is 2.33. The quantitative estimate of drug-likeness (QED) is 0.543. The predicted octanol–water partition coefficient (Wildman–Crippen LogP) is 2.83. The first-order valence-electron chi connectivity index (χ1n) is 6.87. The van der Waals surface area contributed by atoms with Gasteiger partial charge < -0.3 is 0 Å². The lowest BCUT2D eigenvalue weighted by molar-refractivity contribution is -0.792. The van der Waals surface area contributed by atoms with Crippen LogP contribution in [0.4, 0.5) is 0 Å². The zero-order valence-corrected chi connectivity index (χ0v) is 11.1. The van der Waals surface area contributed by atoms with E-state index in [2.05, 4.69) is 65.0 Å². The molecule has 2 rings (SSSR count). The molecule has 0 saturated heterocycles. The third-order valence-electron chi connectivity index (χ3n) is 3.15. The zero-order valence-electron chi connectivity index (χ0n) is 11.1.